The van der Waals surface area contributed by atoms with Crippen LogP contribution < -0.4 is 5.73 Å². The third-order valence-corrected chi connectivity index (χ3v) is 2.59. The molecule has 2 unspecified atom stereocenters. The van der Waals surface area contributed by atoms with Gasteiger partial charge in [-0.2, -0.15) is 0 Å². The fraction of sp³-hybridized carbons (Fsp3) is 0.400. The second-order valence-electron chi connectivity index (χ2n) is 3.16. The minimum Gasteiger partial charge on any atom is -0.395 e. The first-order chi connectivity index (χ1) is 6.16. The van der Waals surface area contributed by atoms with Gasteiger partial charge in [0, 0.05) is 11.1 Å². The average molecular weight is 200 g/mol. The maximum atomic E-state index is 8.89. The first-order valence-electron chi connectivity index (χ1n) is 4.27. The van der Waals surface area contributed by atoms with Gasteiger partial charge in [-0.15, -0.1) is 0 Å². The Labute approximate surface area is 83.3 Å². The average Bonchev–Trinajstić information content (AvgIpc) is 2.16. The molecule has 0 radical (unpaired) electrons. The highest BCUT2D eigenvalue weighted by Gasteiger charge is 2.15. The lowest BCUT2D eigenvalue weighted by Gasteiger charge is -2.18. The molecule has 0 aliphatic rings. The Bertz CT molecular complexity index is 277. The predicted molar refractivity (Wildman–Crippen MR) is 54.9 cm³/mol. The molecule has 13 heavy (non-hydrogen) atoms. The van der Waals surface area contributed by atoms with Crippen LogP contribution in [0.15, 0.2) is 24.3 Å². The molecule has 1 rings (SSSR count). The molecule has 0 amide bonds. The van der Waals surface area contributed by atoms with Crippen molar-refractivity contribution in [3.8, 4) is 0 Å². The van der Waals surface area contributed by atoms with Crippen LogP contribution in [0.4, 0.5) is 0 Å². The van der Waals surface area contributed by atoms with Gasteiger partial charge in [-0.1, -0.05) is 36.7 Å². The summed E-state index contributed by atoms with van der Waals surface area (Å²) < 4.78 is 0. The standard InChI is InChI=1S/C10H14ClNO/c1-7(10(12)6-13)8-4-2-3-5-9(8)11/h2-5,7,10,13H,6,12H2,1H3. The van der Waals surface area contributed by atoms with Gasteiger partial charge in [0.05, 0.1) is 6.61 Å². The number of aliphatic hydroxyl groups is 1. The van der Waals surface area contributed by atoms with Crippen LogP contribution in [0.5, 0.6) is 0 Å². The van der Waals surface area contributed by atoms with Gasteiger partial charge in [0.1, 0.15) is 0 Å². The SMILES string of the molecule is CC(c1ccccc1Cl)C(N)CO. The van der Waals surface area contributed by atoms with Gasteiger partial charge in [0.15, 0.2) is 0 Å². The largest absolute Gasteiger partial charge is 0.395 e. The zero-order valence-corrected chi connectivity index (χ0v) is 8.33. The third kappa shape index (κ3) is 2.44. The fourth-order valence-electron chi connectivity index (χ4n) is 1.23. The molecule has 1 aromatic rings. The van der Waals surface area contributed by atoms with Gasteiger partial charge < -0.3 is 10.8 Å². The van der Waals surface area contributed by atoms with E-state index in [2.05, 4.69) is 0 Å². The summed E-state index contributed by atoms with van der Waals surface area (Å²) in [6.45, 7) is 1.94. The minimum atomic E-state index is -0.250. The molecular formula is C10H14ClNO. The minimum absolute atomic E-state index is 0.0214. The van der Waals surface area contributed by atoms with E-state index in [1.165, 1.54) is 0 Å². The van der Waals surface area contributed by atoms with E-state index >= 15 is 0 Å². The summed E-state index contributed by atoms with van der Waals surface area (Å²) in [5, 5.41) is 9.60. The number of nitrogens with two attached hydrogens (primary N) is 1. The molecule has 0 bridgehead atoms. The van der Waals surface area contributed by atoms with Crippen LogP contribution in [0.25, 0.3) is 0 Å². The molecule has 0 aliphatic carbocycles. The van der Waals surface area contributed by atoms with Crippen LogP contribution in [0.1, 0.15) is 18.4 Å². The summed E-state index contributed by atoms with van der Waals surface area (Å²) in [6.07, 6.45) is 0. The monoisotopic (exact) mass is 199 g/mol. The van der Waals surface area contributed by atoms with Crippen LogP contribution in [-0.2, 0) is 0 Å². The Kier molecular flexibility index (Phi) is 3.72. The molecule has 0 spiro atoms. The van der Waals surface area contributed by atoms with E-state index in [9.17, 15) is 0 Å². The van der Waals surface area contributed by atoms with E-state index in [1.54, 1.807) is 0 Å². The van der Waals surface area contributed by atoms with E-state index in [1.807, 2.05) is 31.2 Å². The highest BCUT2D eigenvalue weighted by Crippen LogP contribution is 2.25. The van der Waals surface area contributed by atoms with Crippen LogP contribution in [0.3, 0.4) is 0 Å². The van der Waals surface area contributed by atoms with E-state index in [-0.39, 0.29) is 18.6 Å². The van der Waals surface area contributed by atoms with Crippen molar-refractivity contribution in [3.63, 3.8) is 0 Å². The van der Waals surface area contributed by atoms with E-state index in [4.69, 9.17) is 22.4 Å². The lowest BCUT2D eigenvalue weighted by molar-refractivity contribution is 0.252. The Morgan fingerprint density at radius 3 is 2.62 bits per heavy atom. The quantitative estimate of drug-likeness (QED) is 0.780. The maximum Gasteiger partial charge on any atom is 0.0588 e. The fourth-order valence-corrected chi connectivity index (χ4v) is 1.54. The summed E-state index contributed by atoms with van der Waals surface area (Å²) in [7, 11) is 0. The normalized spacial score (nSPS) is 15.4. The zero-order chi connectivity index (χ0) is 9.84. The van der Waals surface area contributed by atoms with Crippen LogP contribution in [0.2, 0.25) is 5.02 Å². The van der Waals surface area contributed by atoms with Crippen LogP contribution in [-0.4, -0.2) is 17.8 Å². The maximum absolute atomic E-state index is 8.89. The Morgan fingerprint density at radius 1 is 1.46 bits per heavy atom. The molecule has 72 valence electrons. The summed E-state index contributed by atoms with van der Waals surface area (Å²) in [5.41, 5.74) is 6.70. The van der Waals surface area contributed by atoms with Crippen molar-refractivity contribution < 1.29 is 5.11 Å². The second kappa shape index (κ2) is 4.61. The Balaban J connectivity index is 2.88. The number of benzene rings is 1. The first kappa shape index (κ1) is 10.5. The van der Waals surface area contributed by atoms with Crippen molar-refractivity contribution in [2.75, 3.05) is 6.61 Å². The second-order valence-corrected chi connectivity index (χ2v) is 3.56. The molecular weight excluding hydrogens is 186 g/mol. The zero-order valence-electron chi connectivity index (χ0n) is 7.57. The molecule has 0 heterocycles. The summed E-state index contributed by atoms with van der Waals surface area (Å²) in [5.74, 6) is 0.0821. The Morgan fingerprint density at radius 2 is 2.08 bits per heavy atom. The topological polar surface area (TPSA) is 46.2 Å². The molecule has 0 saturated heterocycles. The summed E-state index contributed by atoms with van der Waals surface area (Å²) in [4.78, 5) is 0. The highest BCUT2D eigenvalue weighted by atomic mass is 35.5. The molecule has 2 atom stereocenters. The van der Waals surface area contributed by atoms with Crippen LogP contribution in [0, 0.1) is 0 Å². The van der Waals surface area contributed by atoms with Gasteiger partial charge in [-0.25, -0.2) is 0 Å². The van der Waals surface area contributed by atoms with Gasteiger partial charge >= 0.3 is 0 Å². The molecule has 0 aliphatic heterocycles. The summed E-state index contributed by atoms with van der Waals surface area (Å²) in [6, 6.07) is 7.31. The molecule has 3 N–H and O–H groups in total. The lowest BCUT2D eigenvalue weighted by atomic mass is 9.94. The predicted octanol–water partition coefficient (Wildman–Crippen LogP) is 1.76. The van der Waals surface area contributed by atoms with Crippen LogP contribution >= 0.6 is 11.6 Å². The number of hydrogen-bond acceptors (Lipinski definition) is 2. The van der Waals surface area contributed by atoms with E-state index < -0.39 is 0 Å². The van der Waals surface area contributed by atoms with Gasteiger partial charge in [-0.05, 0) is 17.5 Å². The molecule has 1 aromatic carbocycles. The molecule has 0 aromatic heterocycles. The van der Waals surface area contributed by atoms with Crippen molar-refractivity contribution >= 4 is 11.6 Å². The molecule has 0 fully saturated rings. The van der Waals surface area contributed by atoms with Crippen molar-refractivity contribution in [1.29, 1.82) is 0 Å². The lowest BCUT2D eigenvalue weighted by Crippen LogP contribution is -2.30. The number of hydrogen-bond donors (Lipinski definition) is 2. The van der Waals surface area contributed by atoms with Crippen molar-refractivity contribution in [2.45, 2.75) is 18.9 Å². The van der Waals surface area contributed by atoms with Crippen molar-refractivity contribution in [2.24, 2.45) is 5.73 Å². The van der Waals surface area contributed by atoms with Gasteiger partial charge in [0.25, 0.3) is 0 Å². The highest BCUT2D eigenvalue weighted by molar-refractivity contribution is 6.31. The molecule has 0 saturated carbocycles. The first-order valence-corrected chi connectivity index (χ1v) is 4.65. The Hall–Kier alpha value is -0.570. The van der Waals surface area contributed by atoms with Crippen molar-refractivity contribution in [3.05, 3.63) is 34.9 Å². The number of aliphatic hydroxyl groups excluding tert-OH is 1. The smallest absolute Gasteiger partial charge is 0.0588 e. The van der Waals surface area contributed by atoms with Gasteiger partial charge in [-0.3, -0.25) is 0 Å². The molecule has 2 nitrogen and oxygen atoms in total. The van der Waals surface area contributed by atoms with E-state index in [0.717, 1.165) is 5.56 Å². The third-order valence-electron chi connectivity index (χ3n) is 2.25. The van der Waals surface area contributed by atoms with Gasteiger partial charge in [0.2, 0.25) is 0 Å². The van der Waals surface area contributed by atoms with Crippen molar-refractivity contribution in [1.82, 2.24) is 0 Å². The summed E-state index contributed by atoms with van der Waals surface area (Å²) >= 11 is 5.98. The number of halogens is 1. The van der Waals surface area contributed by atoms with E-state index in [0.29, 0.717) is 5.02 Å². The number of rotatable bonds is 3. The molecule has 3 heteroatoms.